The maximum atomic E-state index is 5.35. The second-order valence-corrected chi connectivity index (χ2v) is 5.82. The van der Waals surface area contributed by atoms with Crippen molar-refractivity contribution in [1.82, 2.24) is 14.3 Å². The highest BCUT2D eigenvalue weighted by atomic mass is 16.5. The molecule has 1 aliphatic heterocycles. The summed E-state index contributed by atoms with van der Waals surface area (Å²) < 4.78 is 7.53. The first-order chi connectivity index (χ1) is 9.70. The molecule has 3 heterocycles. The second kappa shape index (κ2) is 5.44. The molecular weight excluding hydrogens is 250 g/mol. The summed E-state index contributed by atoms with van der Waals surface area (Å²) in [5.41, 5.74) is 1.13. The van der Waals surface area contributed by atoms with E-state index in [0.29, 0.717) is 12.1 Å². The Morgan fingerprint density at radius 3 is 2.90 bits per heavy atom. The van der Waals surface area contributed by atoms with Gasteiger partial charge in [-0.1, -0.05) is 6.42 Å². The molecule has 2 aromatic heterocycles. The van der Waals surface area contributed by atoms with Crippen molar-refractivity contribution in [2.45, 2.75) is 45.2 Å². The number of hydrogen-bond donors (Lipinski definition) is 0. The van der Waals surface area contributed by atoms with Crippen molar-refractivity contribution in [3.8, 4) is 5.75 Å². The number of nitrogens with zero attached hydrogens (tertiary/aromatic N) is 3. The summed E-state index contributed by atoms with van der Waals surface area (Å²) in [5.74, 6) is 2.02. The van der Waals surface area contributed by atoms with Gasteiger partial charge in [-0.15, -0.1) is 0 Å². The molecule has 108 valence electrons. The van der Waals surface area contributed by atoms with E-state index in [1.807, 2.05) is 18.5 Å². The van der Waals surface area contributed by atoms with Crippen LogP contribution in [0.5, 0.6) is 5.75 Å². The van der Waals surface area contributed by atoms with E-state index in [9.17, 15) is 0 Å². The van der Waals surface area contributed by atoms with Gasteiger partial charge in [-0.3, -0.25) is 9.30 Å². The Morgan fingerprint density at radius 2 is 2.15 bits per heavy atom. The Labute approximate surface area is 120 Å². The maximum Gasteiger partial charge on any atom is 0.135 e. The quantitative estimate of drug-likeness (QED) is 0.859. The highest BCUT2D eigenvalue weighted by Crippen LogP contribution is 2.32. The van der Waals surface area contributed by atoms with E-state index in [4.69, 9.17) is 9.72 Å². The van der Waals surface area contributed by atoms with Crippen molar-refractivity contribution in [3.05, 3.63) is 30.4 Å². The Bertz CT molecular complexity index is 590. The van der Waals surface area contributed by atoms with Crippen LogP contribution in [-0.2, 0) is 0 Å². The molecule has 1 aliphatic rings. The number of pyridine rings is 1. The molecule has 0 amide bonds. The molecule has 0 radical (unpaired) electrons. The van der Waals surface area contributed by atoms with Crippen molar-refractivity contribution < 1.29 is 4.74 Å². The van der Waals surface area contributed by atoms with Gasteiger partial charge in [0.25, 0.3) is 0 Å². The summed E-state index contributed by atoms with van der Waals surface area (Å²) in [5, 5.41) is 0. The minimum Gasteiger partial charge on any atom is -0.495 e. The number of imidazole rings is 1. The normalized spacial score (nSPS) is 20.7. The fraction of sp³-hybridized carbons (Fsp3) is 0.562. The van der Waals surface area contributed by atoms with E-state index in [2.05, 4.69) is 29.2 Å². The molecule has 0 spiro atoms. The van der Waals surface area contributed by atoms with E-state index < -0.39 is 0 Å². The zero-order valence-electron chi connectivity index (χ0n) is 12.5. The van der Waals surface area contributed by atoms with Gasteiger partial charge in [0.2, 0.25) is 0 Å². The standard InChI is InChI=1S/C16H23N3O/c1-12(2)18-9-5-4-6-15(18)16-17-10-13-7-8-14(20-3)11-19(13)16/h7-8,10-12,15H,4-6,9H2,1-3H3. The number of ether oxygens (including phenoxy) is 1. The molecule has 1 saturated heterocycles. The summed E-state index contributed by atoms with van der Waals surface area (Å²) in [6.07, 6.45) is 7.77. The SMILES string of the molecule is COc1ccc2cnc(C3CCCCN3C(C)C)n2c1. The van der Waals surface area contributed by atoms with Crippen molar-refractivity contribution in [1.29, 1.82) is 0 Å². The minimum absolute atomic E-state index is 0.415. The average Bonchev–Trinajstić information content (AvgIpc) is 2.89. The molecule has 20 heavy (non-hydrogen) atoms. The molecule has 1 atom stereocenters. The van der Waals surface area contributed by atoms with Crippen LogP contribution in [0.15, 0.2) is 24.5 Å². The molecule has 0 bridgehead atoms. The number of aromatic nitrogens is 2. The van der Waals surface area contributed by atoms with Gasteiger partial charge in [-0.05, 0) is 45.4 Å². The largest absolute Gasteiger partial charge is 0.495 e. The maximum absolute atomic E-state index is 5.35. The Morgan fingerprint density at radius 1 is 1.30 bits per heavy atom. The molecule has 4 heteroatoms. The van der Waals surface area contributed by atoms with Gasteiger partial charge >= 0.3 is 0 Å². The third-order valence-corrected chi connectivity index (χ3v) is 4.27. The number of hydrogen-bond acceptors (Lipinski definition) is 3. The van der Waals surface area contributed by atoms with Crippen LogP contribution >= 0.6 is 0 Å². The number of piperidine rings is 1. The first kappa shape index (κ1) is 13.4. The third-order valence-electron chi connectivity index (χ3n) is 4.27. The fourth-order valence-electron chi connectivity index (χ4n) is 3.21. The van der Waals surface area contributed by atoms with Crippen molar-refractivity contribution in [3.63, 3.8) is 0 Å². The molecule has 3 rings (SSSR count). The third kappa shape index (κ3) is 2.29. The highest BCUT2D eigenvalue weighted by Gasteiger charge is 2.28. The van der Waals surface area contributed by atoms with Crippen LogP contribution in [0.3, 0.4) is 0 Å². The zero-order valence-corrected chi connectivity index (χ0v) is 12.5. The molecule has 0 N–H and O–H groups in total. The lowest BCUT2D eigenvalue weighted by Crippen LogP contribution is -2.39. The topological polar surface area (TPSA) is 29.8 Å². The lowest BCUT2D eigenvalue weighted by molar-refractivity contribution is 0.106. The summed E-state index contributed by atoms with van der Waals surface area (Å²) in [6.45, 7) is 5.71. The van der Waals surface area contributed by atoms with Crippen LogP contribution in [-0.4, -0.2) is 34.0 Å². The molecule has 4 nitrogen and oxygen atoms in total. The van der Waals surface area contributed by atoms with Crippen LogP contribution in [0.2, 0.25) is 0 Å². The summed E-state index contributed by atoms with van der Waals surface area (Å²) in [7, 11) is 1.71. The van der Waals surface area contributed by atoms with Crippen LogP contribution in [0.4, 0.5) is 0 Å². The van der Waals surface area contributed by atoms with Crippen LogP contribution in [0, 0.1) is 0 Å². The molecule has 0 aliphatic carbocycles. The second-order valence-electron chi connectivity index (χ2n) is 5.82. The van der Waals surface area contributed by atoms with E-state index in [-0.39, 0.29) is 0 Å². The van der Waals surface area contributed by atoms with E-state index in [0.717, 1.165) is 17.1 Å². The van der Waals surface area contributed by atoms with Crippen LogP contribution in [0.25, 0.3) is 5.52 Å². The van der Waals surface area contributed by atoms with Gasteiger partial charge in [0.1, 0.15) is 11.6 Å². The van der Waals surface area contributed by atoms with Crippen LogP contribution < -0.4 is 4.74 Å². The van der Waals surface area contributed by atoms with Gasteiger partial charge in [0.15, 0.2) is 0 Å². The Hall–Kier alpha value is -1.55. The smallest absolute Gasteiger partial charge is 0.135 e. The van der Waals surface area contributed by atoms with Gasteiger partial charge in [0, 0.05) is 6.04 Å². The number of rotatable bonds is 3. The van der Waals surface area contributed by atoms with E-state index in [1.165, 1.54) is 25.8 Å². The Kier molecular flexibility index (Phi) is 3.66. The lowest BCUT2D eigenvalue weighted by Gasteiger charge is -2.37. The zero-order chi connectivity index (χ0) is 14.1. The Balaban J connectivity index is 2.03. The summed E-state index contributed by atoms with van der Waals surface area (Å²) >= 11 is 0. The molecule has 2 aromatic rings. The van der Waals surface area contributed by atoms with Gasteiger partial charge in [0.05, 0.1) is 31.1 Å². The minimum atomic E-state index is 0.415. The average molecular weight is 273 g/mol. The van der Waals surface area contributed by atoms with E-state index in [1.54, 1.807) is 7.11 Å². The van der Waals surface area contributed by atoms with Crippen LogP contribution in [0.1, 0.15) is 45.0 Å². The van der Waals surface area contributed by atoms with Crippen molar-refractivity contribution in [2.75, 3.05) is 13.7 Å². The number of likely N-dealkylation sites (tertiary alicyclic amines) is 1. The lowest BCUT2D eigenvalue weighted by atomic mass is 10.00. The number of fused-ring (bicyclic) bond motifs is 1. The highest BCUT2D eigenvalue weighted by molar-refractivity contribution is 5.48. The predicted octanol–water partition coefficient (Wildman–Crippen LogP) is 3.28. The van der Waals surface area contributed by atoms with Crippen molar-refractivity contribution in [2.24, 2.45) is 0 Å². The molecule has 0 aromatic carbocycles. The summed E-state index contributed by atoms with van der Waals surface area (Å²) in [6, 6.07) is 5.02. The molecular formula is C16H23N3O. The predicted molar refractivity (Wildman–Crippen MR) is 80.2 cm³/mol. The van der Waals surface area contributed by atoms with E-state index >= 15 is 0 Å². The molecule has 0 saturated carbocycles. The van der Waals surface area contributed by atoms with Crippen molar-refractivity contribution >= 4 is 5.52 Å². The van der Waals surface area contributed by atoms with Gasteiger partial charge in [-0.25, -0.2) is 4.98 Å². The molecule has 1 fully saturated rings. The first-order valence-electron chi connectivity index (χ1n) is 7.47. The monoisotopic (exact) mass is 273 g/mol. The first-order valence-corrected chi connectivity index (χ1v) is 7.47. The van der Waals surface area contributed by atoms with Gasteiger partial charge < -0.3 is 4.74 Å². The molecule has 1 unspecified atom stereocenters. The van der Waals surface area contributed by atoms with Gasteiger partial charge in [-0.2, -0.15) is 0 Å². The number of methoxy groups -OCH3 is 1. The summed E-state index contributed by atoms with van der Waals surface area (Å²) in [4.78, 5) is 7.26. The fourth-order valence-corrected chi connectivity index (χ4v) is 3.21.